The molecule has 2 rings (SSSR count). The van der Waals surface area contributed by atoms with Gasteiger partial charge in [-0.25, -0.2) is 8.78 Å². The van der Waals surface area contributed by atoms with Crippen molar-refractivity contribution in [1.82, 2.24) is 0 Å². The Hall–Kier alpha value is -1.42. The molecule has 2 aromatic rings. The van der Waals surface area contributed by atoms with Crippen molar-refractivity contribution in [3.8, 4) is 0 Å². The number of anilines is 1. The lowest BCUT2D eigenvalue weighted by atomic mass is 10.1. The summed E-state index contributed by atoms with van der Waals surface area (Å²) >= 11 is 3.30. The Bertz CT molecular complexity index is 570. The van der Waals surface area contributed by atoms with Gasteiger partial charge in [-0.05, 0) is 36.8 Å². The van der Waals surface area contributed by atoms with Crippen LogP contribution in [0.4, 0.5) is 14.5 Å². The SMILES string of the molecule is Cc1c(F)cccc1NCc1ccc(F)cc1Br. The van der Waals surface area contributed by atoms with Crippen LogP contribution in [0, 0.1) is 18.6 Å². The van der Waals surface area contributed by atoms with Gasteiger partial charge < -0.3 is 5.32 Å². The predicted molar refractivity (Wildman–Crippen MR) is 72.6 cm³/mol. The topological polar surface area (TPSA) is 12.0 Å². The number of halogens is 3. The molecule has 2 aromatic carbocycles. The number of benzene rings is 2. The van der Waals surface area contributed by atoms with Gasteiger partial charge in [-0.3, -0.25) is 0 Å². The van der Waals surface area contributed by atoms with Crippen LogP contribution in [0.1, 0.15) is 11.1 Å². The molecule has 1 nitrogen and oxygen atoms in total. The maximum Gasteiger partial charge on any atom is 0.128 e. The maximum absolute atomic E-state index is 13.3. The molecule has 0 aliphatic heterocycles. The first-order valence-corrected chi connectivity index (χ1v) is 6.30. The van der Waals surface area contributed by atoms with Gasteiger partial charge in [0.05, 0.1) is 0 Å². The van der Waals surface area contributed by atoms with Gasteiger partial charge in [0.15, 0.2) is 0 Å². The molecule has 0 amide bonds. The van der Waals surface area contributed by atoms with Crippen LogP contribution in [-0.2, 0) is 6.54 Å². The van der Waals surface area contributed by atoms with Crippen LogP contribution in [0.5, 0.6) is 0 Å². The monoisotopic (exact) mass is 311 g/mol. The van der Waals surface area contributed by atoms with E-state index in [1.165, 1.54) is 18.2 Å². The van der Waals surface area contributed by atoms with Crippen molar-refractivity contribution >= 4 is 21.6 Å². The lowest BCUT2D eigenvalue weighted by Gasteiger charge is -2.11. The summed E-state index contributed by atoms with van der Waals surface area (Å²) in [5.74, 6) is -0.522. The zero-order chi connectivity index (χ0) is 13.1. The Morgan fingerprint density at radius 3 is 2.67 bits per heavy atom. The van der Waals surface area contributed by atoms with Crippen LogP contribution < -0.4 is 5.32 Å². The van der Waals surface area contributed by atoms with Gasteiger partial charge in [0.2, 0.25) is 0 Å². The number of nitrogens with one attached hydrogen (secondary N) is 1. The predicted octanol–water partition coefficient (Wildman–Crippen LogP) is 4.65. The molecule has 0 atom stereocenters. The fourth-order valence-electron chi connectivity index (χ4n) is 1.65. The van der Waals surface area contributed by atoms with Gasteiger partial charge in [0, 0.05) is 22.3 Å². The van der Waals surface area contributed by atoms with Gasteiger partial charge in [0.1, 0.15) is 11.6 Å². The first-order valence-electron chi connectivity index (χ1n) is 5.51. The molecule has 1 N–H and O–H groups in total. The van der Waals surface area contributed by atoms with Crippen molar-refractivity contribution in [3.63, 3.8) is 0 Å². The number of rotatable bonds is 3. The fourth-order valence-corrected chi connectivity index (χ4v) is 2.15. The molecule has 18 heavy (non-hydrogen) atoms. The van der Waals surface area contributed by atoms with Gasteiger partial charge >= 0.3 is 0 Å². The van der Waals surface area contributed by atoms with Crippen LogP contribution >= 0.6 is 15.9 Å². The largest absolute Gasteiger partial charge is 0.381 e. The van der Waals surface area contributed by atoms with Crippen molar-refractivity contribution in [2.45, 2.75) is 13.5 Å². The molecule has 0 saturated carbocycles. The van der Waals surface area contributed by atoms with Gasteiger partial charge in [-0.2, -0.15) is 0 Å². The summed E-state index contributed by atoms with van der Waals surface area (Å²) in [6, 6.07) is 9.41. The van der Waals surface area contributed by atoms with E-state index in [9.17, 15) is 8.78 Å². The summed E-state index contributed by atoms with van der Waals surface area (Å²) in [7, 11) is 0. The minimum Gasteiger partial charge on any atom is -0.381 e. The van der Waals surface area contributed by atoms with Crippen LogP contribution in [0.25, 0.3) is 0 Å². The summed E-state index contributed by atoms with van der Waals surface area (Å²) in [6.45, 7) is 2.22. The molecule has 0 radical (unpaired) electrons. The zero-order valence-electron chi connectivity index (χ0n) is 9.81. The molecule has 0 aromatic heterocycles. The molecule has 0 heterocycles. The van der Waals surface area contributed by atoms with Crippen molar-refractivity contribution in [3.05, 3.63) is 63.6 Å². The third kappa shape index (κ3) is 2.88. The standard InChI is InChI=1S/C14H12BrF2N/c1-9-13(17)3-2-4-14(9)18-8-10-5-6-11(16)7-12(10)15/h2-7,18H,8H2,1H3. The fraction of sp³-hybridized carbons (Fsp3) is 0.143. The Kier molecular flexibility index (Phi) is 3.97. The summed E-state index contributed by atoms with van der Waals surface area (Å²) < 4.78 is 27.0. The molecule has 4 heteroatoms. The molecule has 0 spiro atoms. The number of hydrogen-bond acceptors (Lipinski definition) is 1. The summed E-state index contributed by atoms with van der Waals surface area (Å²) in [5.41, 5.74) is 2.24. The second kappa shape index (κ2) is 5.48. The van der Waals surface area contributed by atoms with E-state index >= 15 is 0 Å². The molecule has 0 saturated heterocycles. The lowest BCUT2D eigenvalue weighted by molar-refractivity contribution is 0.619. The van der Waals surface area contributed by atoms with E-state index in [0.29, 0.717) is 16.6 Å². The van der Waals surface area contributed by atoms with Crippen LogP contribution in [0.2, 0.25) is 0 Å². The molecular formula is C14H12BrF2N. The number of hydrogen-bond donors (Lipinski definition) is 1. The van der Waals surface area contributed by atoms with Crippen molar-refractivity contribution in [1.29, 1.82) is 0 Å². The van der Waals surface area contributed by atoms with Gasteiger partial charge in [0.25, 0.3) is 0 Å². The Morgan fingerprint density at radius 1 is 1.17 bits per heavy atom. The average molecular weight is 312 g/mol. The lowest BCUT2D eigenvalue weighted by Crippen LogP contribution is -2.02. The quantitative estimate of drug-likeness (QED) is 0.870. The zero-order valence-corrected chi connectivity index (χ0v) is 11.4. The second-order valence-electron chi connectivity index (χ2n) is 4.00. The van der Waals surface area contributed by atoms with E-state index in [2.05, 4.69) is 21.2 Å². The van der Waals surface area contributed by atoms with Gasteiger partial charge in [-0.1, -0.05) is 28.1 Å². The van der Waals surface area contributed by atoms with Gasteiger partial charge in [-0.15, -0.1) is 0 Å². The first kappa shape index (κ1) is 13.0. The highest BCUT2D eigenvalue weighted by Gasteiger charge is 2.05. The van der Waals surface area contributed by atoms with E-state index in [0.717, 1.165) is 11.3 Å². The van der Waals surface area contributed by atoms with Crippen LogP contribution in [0.15, 0.2) is 40.9 Å². The second-order valence-corrected chi connectivity index (χ2v) is 4.86. The molecule has 0 aliphatic rings. The normalized spacial score (nSPS) is 10.4. The third-order valence-electron chi connectivity index (χ3n) is 2.75. The van der Waals surface area contributed by atoms with E-state index in [1.54, 1.807) is 19.1 Å². The van der Waals surface area contributed by atoms with Crippen molar-refractivity contribution in [2.24, 2.45) is 0 Å². The molecule has 0 fully saturated rings. The van der Waals surface area contributed by atoms with E-state index < -0.39 is 0 Å². The minimum atomic E-state index is -0.285. The molecule has 94 valence electrons. The summed E-state index contributed by atoms with van der Waals surface area (Å²) in [6.07, 6.45) is 0. The minimum absolute atomic E-state index is 0.238. The Morgan fingerprint density at radius 2 is 1.94 bits per heavy atom. The molecule has 0 bridgehead atoms. The average Bonchev–Trinajstić information content (AvgIpc) is 2.33. The Balaban J connectivity index is 2.14. The first-order chi connectivity index (χ1) is 8.58. The Labute approximate surface area is 113 Å². The highest BCUT2D eigenvalue weighted by atomic mass is 79.9. The summed E-state index contributed by atoms with van der Waals surface area (Å²) in [5, 5.41) is 3.14. The van der Waals surface area contributed by atoms with Crippen molar-refractivity contribution < 1.29 is 8.78 Å². The highest BCUT2D eigenvalue weighted by molar-refractivity contribution is 9.10. The highest BCUT2D eigenvalue weighted by Crippen LogP contribution is 2.22. The maximum atomic E-state index is 13.3. The summed E-state index contributed by atoms with van der Waals surface area (Å²) in [4.78, 5) is 0. The van der Waals surface area contributed by atoms with Crippen LogP contribution in [0.3, 0.4) is 0 Å². The van der Waals surface area contributed by atoms with Crippen LogP contribution in [-0.4, -0.2) is 0 Å². The third-order valence-corrected chi connectivity index (χ3v) is 3.49. The molecule has 0 unspecified atom stereocenters. The van der Waals surface area contributed by atoms with E-state index in [-0.39, 0.29) is 11.6 Å². The van der Waals surface area contributed by atoms with E-state index in [1.807, 2.05) is 6.07 Å². The smallest absolute Gasteiger partial charge is 0.128 e. The van der Waals surface area contributed by atoms with Crippen molar-refractivity contribution in [2.75, 3.05) is 5.32 Å². The molecular weight excluding hydrogens is 300 g/mol. The molecule has 0 aliphatic carbocycles. The van der Waals surface area contributed by atoms with E-state index in [4.69, 9.17) is 0 Å².